The van der Waals surface area contributed by atoms with Crippen molar-refractivity contribution in [1.29, 1.82) is 0 Å². The highest BCUT2D eigenvalue weighted by Crippen LogP contribution is 2.07. The summed E-state index contributed by atoms with van der Waals surface area (Å²) in [6, 6.07) is -0.410. The summed E-state index contributed by atoms with van der Waals surface area (Å²) in [6.45, 7) is 8.61. The zero-order valence-electron chi connectivity index (χ0n) is 18.0. The van der Waals surface area contributed by atoms with E-state index in [1.807, 2.05) is 20.8 Å². The van der Waals surface area contributed by atoms with Crippen LogP contribution in [0.5, 0.6) is 0 Å². The molecule has 0 spiro atoms. The third-order valence-electron chi connectivity index (χ3n) is 3.93. The number of nitrogens with zero attached hydrogens (tertiary/aromatic N) is 2. The number of alkyl carbamates (subject to hydrolysis) is 1. The fourth-order valence-electron chi connectivity index (χ4n) is 2.55. The molecule has 1 saturated heterocycles. The molecule has 1 atom stereocenters. The zero-order valence-corrected chi connectivity index (χ0v) is 20.3. The molecule has 0 aromatic carbocycles. The van der Waals surface area contributed by atoms with E-state index in [0.717, 1.165) is 19.3 Å². The Kier molecular flexibility index (Phi) is 12.6. The summed E-state index contributed by atoms with van der Waals surface area (Å²) in [7, 11) is 1.64. The Hall–Kier alpha value is -1.79. The van der Waals surface area contributed by atoms with E-state index in [0.29, 0.717) is 19.0 Å². The molecule has 1 aliphatic rings. The molecule has 4 amide bonds. The molecule has 11 heteroatoms. The normalized spacial score (nSPS) is 15.3. The van der Waals surface area contributed by atoms with Crippen molar-refractivity contribution >= 4 is 48.0 Å². The second-order valence-corrected chi connectivity index (χ2v) is 7.57. The largest absolute Gasteiger partial charge is 0.444 e. The Balaban J connectivity index is 0.00000784. The lowest BCUT2D eigenvalue weighted by molar-refractivity contribution is -0.124. The number of unbranched alkanes of at least 4 members (excludes halogenated alkanes) is 1. The Bertz CT molecular complexity index is 563. The lowest BCUT2D eigenvalue weighted by Crippen LogP contribution is -2.50. The van der Waals surface area contributed by atoms with Gasteiger partial charge in [-0.3, -0.25) is 14.7 Å². The van der Waals surface area contributed by atoms with Gasteiger partial charge in [-0.1, -0.05) is 19.8 Å². The summed E-state index contributed by atoms with van der Waals surface area (Å²) in [6.07, 6.45) is 2.41. The van der Waals surface area contributed by atoms with Gasteiger partial charge < -0.3 is 26.0 Å². The third-order valence-corrected chi connectivity index (χ3v) is 3.93. The lowest BCUT2D eigenvalue weighted by Gasteiger charge is -2.24. The van der Waals surface area contributed by atoms with E-state index in [1.165, 1.54) is 4.90 Å². The number of hydrogen-bond acceptors (Lipinski definition) is 5. The minimum absolute atomic E-state index is 0. The number of carbonyl (C=O) groups is 3. The molecule has 0 bridgehead atoms. The molecule has 1 heterocycles. The van der Waals surface area contributed by atoms with E-state index in [4.69, 9.17) is 4.74 Å². The van der Waals surface area contributed by atoms with Crippen LogP contribution in [-0.2, 0) is 9.53 Å². The number of imide groups is 1. The molecule has 29 heavy (non-hydrogen) atoms. The fraction of sp³-hybridized carbons (Fsp3) is 0.778. The van der Waals surface area contributed by atoms with Crippen LogP contribution < -0.4 is 21.3 Å². The average Bonchev–Trinajstić information content (AvgIpc) is 2.93. The molecule has 0 aromatic heterocycles. The molecule has 0 radical (unpaired) electrons. The van der Waals surface area contributed by atoms with Crippen LogP contribution in [0.15, 0.2) is 4.99 Å². The first-order valence-electron chi connectivity index (χ1n) is 9.68. The number of rotatable bonds is 9. The molecule has 4 N–H and O–H groups in total. The number of nitrogens with one attached hydrogen (secondary N) is 4. The van der Waals surface area contributed by atoms with Crippen molar-refractivity contribution in [2.24, 2.45) is 4.99 Å². The first-order valence-corrected chi connectivity index (χ1v) is 9.68. The number of amides is 4. The average molecular weight is 526 g/mol. The highest BCUT2D eigenvalue weighted by Gasteiger charge is 2.27. The van der Waals surface area contributed by atoms with Crippen LogP contribution in [0.4, 0.5) is 9.59 Å². The quantitative estimate of drug-likeness (QED) is 0.156. The van der Waals surface area contributed by atoms with Crippen LogP contribution in [0, 0.1) is 0 Å². The van der Waals surface area contributed by atoms with E-state index in [-0.39, 0.29) is 55.0 Å². The van der Waals surface area contributed by atoms with Crippen molar-refractivity contribution in [3.8, 4) is 0 Å². The van der Waals surface area contributed by atoms with E-state index < -0.39 is 11.7 Å². The zero-order chi connectivity index (χ0) is 21.2. The van der Waals surface area contributed by atoms with Gasteiger partial charge in [0.1, 0.15) is 5.60 Å². The van der Waals surface area contributed by atoms with Crippen LogP contribution in [0.25, 0.3) is 0 Å². The Labute approximate surface area is 190 Å². The number of aliphatic imine (C=N–C) groups is 1. The molecule has 1 aliphatic heterocycles. The van der Waals surface area contributed by atoms with Crippen molar-refractivity contribution in [1.82, 2.24) is 26.2 Å². The van der Waals surface area contributed by atoms with E-state index in [1.54, 1.807) is 7.05 Å². The van der Waals surface area contributed by atoms with Gasteiger partial charge >= 0.3 is 12.1 Å². The fourth-order valence-corrected chi connectivity index (χ4v) is 2.55. The maximum Gasteiger partial charge on any atom is 0.407 e. The number of ether oxygens (including phenoxy) is 1. The second kappa shape index (κ2) is 13.4. The van der Waals surface area contributed by atoms with Crippen molar-refractivity contribution < 1.29 is 19.1 Å². The van der Waals surface area contributed by atoms with Gasteiger partial charge in [0.25, 0.3) is 0 Å². The van der Waals surface area contributed by atoms with Crippen LogP contribution in [-0.4, -0.2) is 73.8 Å². The topological polar surface area (TPSA) is 124 Å². The highest BCUT2D eigenvalue weighted by atomic mass is 127. The molecule has 168 valence electrons. The molecule has 1 rings (SSSR count). The molecule has 1 unspecified atom stereocenters. The Morgan fingerprint density at radius 3 is 2.52 bits per heavy atom. The SMILES string of the molecule is CCCCC(CNC(=O)OC(C)(C)C)NC(=NC)NCCN1C(=O)CNC1=O.I. The van der Waals surface area contributed by atoms with Crippen molar-refractivity contribution in [3.05, 3.63) is 0 Å². The van der Waals surface area contributed by atoms with Crippen LogP contribution in [0.3, 0.4) is 0 Å². The standard InChI is InChI=1S/C18H34N6O4.HI/c1-6-7-8-13(11-22-17(27)28-18(2,3)4)23-15(19-5)20-9-10-24-14(25)12-21-16(24)26;/h13H,6-12H2,1-5H3,(H,21,26)(H,22,27)(H2,19,20,23);1H. The molecule has 10 nitrogen and oxygen atoms in total. The van der Waals surface area contributed by atoms with E-state index >= 15 is 0 Å². The maximum atomic E-state index is 11.9. The summed E-state index contributed by atoms with van der Waals surface area (Å²) < 4.78 is 5.27. The van der Waals surface area contributed by atoms with E-state index in [2.05, 4.69) is 33.2 Å². The van der Waals surface area contributed by atoms with Gasteiger partial charge in [-0.15, -0.1) is 24.0 Å². The molecule has 0 aromatic rings. The van der Waals surface area contributed by atoms with Gasteiger partial charge in [0, 0.05) is 32.7 Å². The summed E-state index contributed by atoms with van der Waals surface area (Å²) in [5, 5.41) is 11.6. The Morgan fingerprint density at radius 2 is 2.00 bits per heavy atom. The summed E-state index contributed by atoms with van der Waals surface area (Å²) in [5.41, 5.74) is -0.548. The minimum atomic E-state index is -0.548. The molecular formula is C18H35IN6O4. The highest BCUT2D eigenvalue weighted by molar-refractivity contribution is 14.0. The Morgan fingerprint density at radius 1 is 1.31 bits per heavy atom. The number of urea groups is 1. The number of guanidine groups is 1. The first-order chi connectivity index (χ1) is 13.2. The van der Waals surface area contributed by atoms with Gasteiger partial charge in [-0.05, 0) is 27.2 Å². The minimum Gasteiger partial charge on any atom is -0.444 e. The maximum absolute atomic E-state index is 11.9. The van der Waals surface area contributed by atoms with Gasteiger partial charge in [-0.25, -0.2) is 9.59 Å². The van der Waals surface area contributed by atoms with Gasteiger partial charge in [0.15, 0.2) is 5.96 Å². The number of hydrogen-bond donors (Lipinski definition) is 4. The van der Waals surface area contributed by atoms with Crippen molar-refractivity contribution in [2.45, 2.75) is 58.6 Å². The summed E-state index contributed by atoms with van der Waals surface area (Å²) in [4.78, 5) is 40.4. The van der Waals surface area contributed by atoms with Gasteiger partial charge in [0.05, 0.1) is 6.54 Å². The molecule has 0 aliphatic carbocycles. The van der Waals surface area contributed by atoms with Crippen LogP contribution >= 0.6 is 24.0 Å². The first kappa shape index (κ1) is 27.2. The summed E-state index contributed by atoms with van der Waals surface area (Å²) in [5.74, 6) is 0.302. The number of halogens is 1. The number of carbonyl (C=O) groups excluding carboxylic acids is 3. The smallest absolute Gasteiger partial charge is 0.407 e. The lowest BCUT2D eigenvalue weighted by atomic mass is 10.1. The molecule has 0 saturated carbocycles. The van der Waals surface area contributed by atoms with E-state index in [9.17, 15) is 14.4 Å². The monoisotopic (exact) mass is 526 g/mol. The molecule has 1 fully saturated rings. The van der Waals surface area contributed by atoms with Crippen LogP contribution in [0.2, 0.25) is 0 Å². The van der Waals surface area contributed by atoms with Gasteiger partial charge in [0.2, 0.25) is 5.91 Å². The summed E-state index contributed by atoms with van der Waals surface area (Å²) >= 11 is 0. The molecular weight excluding hydrogens is 491 g/mol. The van der Waals surface area contributed by atoms with Gasteiger partial charge in [-0.2, -0.15) is 0 Å². The third kappa shape index (κ3) is 11.1. The van der Waals surface area contributed by atoms with Crippen molar-refractivity contribution in [3.63, 3.8) is 0 Å². The second-order valence-electron chi connectivity index (χ2n) is 7.57. The predicted molar refractivity (Wildman–Crippen MR) is 123 cm³/mol. The van der Waals surface area contributed by atoms with Crippen LogP contribution in [0.1, 0.15) is 47.0 Å². The predicted octanol–water partition coefficient (Wildman–Crippen LogP) is 1.40. The van der Waals surface area contributed by atoms with Crippen molar-refractivity contribution in [2.75, 3.05) is 33.2 Å².